The molecule has 4 rings (SSSR count). The first-order chi connectivity index (χ1) is 10.8. The lowest BCUT2D eigenvalue weighted by molar-refractivity contribution is 0.0743. The summed E-state index contributed by atoms with van der Waals surface area (Å²) in [6.45, 7) is 1.60. The van der Waals surface area contributed by atoms with Crippen LogP contribution in [-0.4, -0.2) is 50.9 Å². The highest BCUT2D eigenvalue weighted by molar-refractivity contribution is 7.13. The van der Waals surface area contributed by atoms with E-state index in [-0.39, 0.29) is 30.7 Å². The van der Waals surface area contributed by atoms with Crippen molar-refractivity contribution in [2.24, 2.45) is 0 Å². The maximum absolute atomic E-state index is 12.7. The molecule has 1 amide bonds. The van der Waals surface area contributed by atoms with Crippen LogP contribution >= 0.6 is 36.2 Å². The van der Waals surface area contributed by atoms with Crippen molar-refractivity contribution in [3.63, 3.8) is 0 Å². The summed E-state index contributed by atoms with van der Waals surface area (Å²) in [6.07, 6.45) is 8.36. The monoisotopic (exact) mass is 387 g/mol. The number of halogens is 2. The number of fused-ring (bicyclic) bond motifs is 2. The molecule has 2 bridgehead atoms. The van der Waals surface area contributed by atoms with Crippen LogP contribution < -0.4 is 5.32 Å². The lowest BCUT2D eigenvalue weighted by atomic mass is 10.1. The van der Waals surface area contributed by atoms with E-state index in [2.05, 4.69) is 20.3 Å². The average Bonchev–Trinajstić information content (AvgIpc) is 3.14. The number of rotatable bonds is 2. The van der Waals surface area contributed by atoms with Gasteiger partial charge in [0.1, 0.15) is 16.4 Å². The fourth-order valence-corrected chi connectivity index (χ4v) is 3.94. The van der Waals surface area contributed by atoms with Crippen molar-refractivity contribution in [3.05, 3.63) is 29.7 Å². The van der Waals surface area contributed by atoms with Gasteiger partial charge >= 0.3 is 0 Å². The molecule has 0 aromatic carbocycles. The molecular weight excluding hydrogens is 369 g/mol. The van der Waals surface area contributed by atoms with Gasteiger partial charge in [0.05, 0.1) is 6.20 Å². The number of likely N-dealkylation sites (tertiary alicyclic amines) is 1. The second-order valence-corrected chi connectivity index (χ2v) is 6.66. The van der Waals surface area contributed by atoms with Gasteiger partial charge in [-0.3, -0.25) is 14.8 Å². The Hall–Kier alpha value is -1.28. The Kier molecular flexibility index (Phi) is 6.51. The van der Waals surface area contributed by atoms with Crippen LogP contribution in [0, 0.1) is 0 Å². The summed E-state index contributed by atoms with van der Waals surface area (Å²) in [5.74, 6) is 0.0285. The molecular formula is C15H19Cl2N5OS. The van der Waals surface area contributed by atoms with Crippen LogP contribution in [0.1, 0.15) is 29.8 Å². The predicted octanol–water partition coefficient (Wildman–Crippen LogP) is 2.41. The zero-order valence-corrected chi connectivity index (χ0v) is 15.4. The van der Waals surface area contributed by atoms with Crippen LogP contribution in [-0.2, 0) is 0 Å². The van der Waals surface area contributed by atoms with E-state index in [4.69, 9.17) is 0 Å². The largest absolute Gasteiger partial charge is 0.336 e. The van der Waals surface area contributed by atoms with Gasteiger partial charge in [0.15, 0.2) is 0 Å². The summed E-state index contributed by atoms with van der Waals surface area (Å²) in [4.78, 5) is 27.3. The van der Waals surface area contributed by atoms with E-state index in [0.29, 0.717) is 23.5 Å². The molecule has 4 heterocycles. The van der Waals surface area contributed by atoms with Crippen LogP contribution in [0.25, 0.3) is 10.7 Å². The molecule has 0 spiro atoms. The fourth-order valence-electron chi connectivity index (χ4n) is 3.19. The van der Waals surface area contributed by atoms with Crippen molar-refractivity contribution >= 4 is 42.1 Å². The molecule has 9 heteroatoms. The summed E-state index contributed by atoms with van der Waals surface area (Å²) in [5.41, 5.74) is 1.23. The standard InChI is InChI=1S/C15H17N5OS.2ClH/c21-15(20-6-3-10-1-2-11(8-20)18-10)13-9-22-14(19-13)12-7-16-4-5-17-12;;/h4-5,7,9-11,18H,1-3,6,8H2;2*1H. The number of carbonyl (C=O) groups excluding carboxylic acids is 1. The van der Waals surface area contributed by atoms with Crippen LogP contribution in [0.2, 0.25) is 0 Å². The minimum Gasteiger partial charge on any atom is -0.336 e. The fraction of sp³-hybridized carbons (Fsp3) is 0.467. The smallest absolute Gasteiger partial charge is 0.273 e. The normalized spacial score (nSPS) is 22.2. The highest BCUT2D eigenvalue weighted by Crippen LogP contribution is 2.24. The molecule has 2 aliphatic heterocycles. The first-order valence-corrected chi connectivity index (χ1v) is 8.45. The number of hydrogen-bond donors (Lipinski definition) is 1. The first kappa shape index (κ1) is 19.1. The molecule has 6 nitrogen and oxygen atoms in total. The van der Waals surface area contributed by atoms with Crippen LogP contribution in [0.4, 0.5) is 0 Å². The molecule has 0 radical (unpaired) electrons. The topological polar surface area (TPSA) is 71.0 Å². The number of hydrogen-bond acceptors (Lipinski definition) is 6. The van der Waals surface area contributed by atoms with E-state index in [9.17, 15) is 4.79 Å². The molecule has 24 heavy (non-hydrogen) atoms. The van der Waals surface area contributed by atoms with E-state index in [1.54, 1.807) is 18.6 Å². The lowest BCUT2D eigenvalue weighted by Gasteiger charge is -2.23. The quantitative estimate of drug-likeness (QED) is 0.856. The molecule has 2 aromatic rings. The summed E-state index contributed by atoms with van der Waals surface area (Å²) in [5, 5.41) is 6.15. The molecule has 2 fully saturated rings. The number of thiazole rings is 1. The van der Waals surface area contributed by atoms with E-state index in [1.807, 2.05) is 10.3 Å². The highest BCUT2D eigenvalue weighted by Gasteiger charge is 2.32. The summed E-state index contributed by atoms with van der Waals surface area (Å²) >= 11 is 1.44. The molecule has 130 valence electrons. The molecule has 2 aromatic heterocycles. The maximum Gasteiger partial charge on any atom is 0.273 e. The van der Waals surface area contributed by atoms with Crippen LogP contribution in [0.15, 0.2) is 24.0 Å². The number of nitrogens with one attached hydrogen (secondary N) is 1. The Morgan fingerprint density at radius 3 is 2.83 bits per heavy atom. The summed E-state index contributed by atoms with van der Waals surface area (Å²) < 4.78 is 0. The predicted molar refractivity (Wildman–Crippen MR) is 98.1 cm³/mol. The van der Waals surface area contributed by atoms with E-state index < -0.39 is 0 Å². The summed E-state index contributed by atoms with van der Waals surface area (Å²) in [7, 11) is 0. The van der Waals surface area contributed by atoms with Crippen LogP contribution in [0.5, 0.6) is 0 Å². The third-order valence-electron chi connectivity index (χ3n) is 4.32. The second kappa shape index (κ2) is 8.20. The maximum atomic E-state index is 12.7. The van der Waals surface area contributed by atoms with Crippen molar-refractivity contribution in [3.8, 4) is 10.7 Å². The Balaban J connectivity index is 0.00000104. The van der Waals surface area contributed by atoms with Gasteiger partial charge < -0.3 is 10.2 Å². The molecule has 2 saturated heterocycles. The van der Waals surface area contributed by atoms with Crippen molar-refractivity contribution in [2.45, 2.75) is 31.3 Å². The van der Waals surface area contributed by atoms with Gasteiger partial charge in [-0.2, -0.15) is 0 Å². The van der Waals surface area contributed by atoms with Crippen molar-refractivity contribution in [1.82, 2.24) is 25.2 Å². The minimum absolute atomic E-state index is 0. The lowest BCUT2D eigenvalue weighted by Crippen LogP contribution is -2.39. The Bertz CT molecular complexity index is 684. The average molecular weight is 388 g/mol. The summed E-state index contributed by atoms with van der Waals surface area (Å²) in [6, 6.07) is 1.02. The van der Waals surface area contributed by atoms with Gasteiger partial charge in [-0.15, -0.1) is 36.2 Å². The first-order valence-electron chi connectivity index (χ1n) is 7.57. The number of aromatic nitrogens is 3. The second-order valence-electron chi connectivity index (χ2n) is 5.81. The zero-order chi connectivity index (χ0) is 14.9. The van der Waals surface area contributed by atoms with E-state index in [0.717, 1.165) is 30.9 Å². The third-order valence-corrected chi connectivity index (χ3v) is 5.18. The molecule has 1 N–H and O–H groups in total. The molecule has 0 saturated carbocycles. The van der Waals surface area contributed by atoms with E-state index >= 15 is 0 Å². The van der Waals surface area contributed by atoms with Gasteiger partial charge in [-0.25, -0.2) is 4.98 Å². The van der Waals surface area contributed by atoms with Gasteiger partial charge in [-0.05, 0) is 19.3 Å². The Morgan fingerprint density at radius 2 is 2.04 bits per heavy atom. The Morgan fingerprint density at radius 1 is 1.21 bits per heavy atom. The number of carbonyl (C=O) groups is 1. The van der Waals surface area contributed by atoms with E-state index in [1.165, 1.54) is 17.8 Å². The number of amides is 1. The van der Waals surface area contributed by atoms with Gasteiger partial charge in [0.25, 0.3) is 5.91 Å². The molecule has 2 aliphatic rings. The third kappa shape index (κ3) is 3.85. The van der Waals surface area contributed by atoms with Crippen molar-refractivity contribution in [1.29, 1.82) is 0 Å². The Labute approximate surface area is 156 Å². The minimum atomic E-state index is 0. The van der Waals surface area contributed by atoms with Gasteiger partial charge in [0, 0.05) is 42.9 Å². The van der Waals surface area contributed by atoms with Crippen molar-refractivity contribution in [2.75, 3.05) is 13.1 Å². The SMILES string of the molecule is Cl.Cl.O=C(c1csc(-c2cnccn2)n1)N1CCC2CCC(C1)N2. The zero-order valence-electron chi connectivity index (χ0n) is 12.9. The molecule has 2 unspecified atom stereocenters. The molecule has 0 aliphatic carbocycles. The van der Waals surface area contributed by atoms with Crippen molar-refractivity contribution < 1.29 is 4.79 Å². The number of nitrogens with zero attached hydrogens (tertiary/aromatic N) is 4. The van der Waals surface area contributed by atoms with Gasteiger partial charge in [-0.1, -0.05) is 0 Å². The van der Waals surface area contributed by atoms with Gasteiger partial charge in [0.2, 0.25) is 0 Å². The van der Waals surface area contributed by atoms with Crippen LogP contribution in [0.3, 0.4) is 0 Å². The molecule has 2 atom stereocenters. The highest BCUT2D eigenvalue weighted by atomic mass is 35.5.